The normalized spacial score (nSPS) is 16.3. The molecule has 120 valence electrons. The average molecular weight is 332 g/mol. The number of sulfone groups is 1. The Labute approximate surface area is 134 Å². The second kappa shape index (κ2) is 5.96. The smallest absolute Gasteiger partial charge is 0.254 e. The Kier molecular flexibility index (Phi) is 3.99. The summed E-state index contributed by atoms with van der Waals surface area (Å²) in [5, 5.41) is 2.50. The van der Waals surface area contributed by atoms with E-state index in [0.29, 0.717) is 29.5 Å². The first-order valence-electron chi connectivity index (χ1n) is 7.11. The topological polar surface area (TPSA) is 92.3 Å². The lowest BCUT2D eigenvalue weighted by Gasteiger charge is -2.20. The number of rotatable bonds is 2. The predicted molar refractivity (Wildman–Crippen MR) is 85.0 cm³/mol. The lowest BCUT2D eigenvalue weighted by atomic mass is 10.2. The fourth-order valence-electron chi connectivity index (χ4n) is 2.48. The van der Waals surface area contributed by atoms with Gasteiger partial charge in [0.1, 0.15) is 0 Å². The van der Waals surface area contributed by atoms with Crippen molar-refractivity contribution in [2.75, 3.05) is 24.2 Å². The summed E-state index contributed by atoms with van der Waals surface area (Å²) in [6.07, 6.45) is 2.87. The van der Waals surface area contributed by atoms with Crippen molar-refractivity contribution < 1.29 is 13.2 Å². The second-order valence-electron chi connectivity index (χ2n) is 5.20. The van der Waals surface area contributed by atoms with E-state index in [1.165, 1.54) is 19.4 Å². The third-order valence-corrected chi connectivity index (χ3v) is 5.50. The fourth-order valence-corrected chi connectivity index (χ4v) is 3.98. The summed E-state index contributed by atoms with van der Waals surface area (Å²) in [6.45, 7) is 0.713. The highest BCUT2D eigenvalue weighted by atomic mass is 32.2. The molecule has 0 saturated carbocycles. The van der Waals surface area contributed by atoms with Gasteiger partial charge in [-0.2, -0.15) is 0 Å². The minimum Gasteiger partial charge on any atom is -0.355 e. The molecule has 0 fully saturated rings. The first-order chi connectivity index (χ1) is 11.0. The monoisotopic (exact) mass is 332 g/mol. The van der Waals surface area contributed by atoms with Crippen LogP contribution in [0.2, 0.25) is 0 Å². The molecule has 0 bridgehead atoms. The molecule has 1 N–H and O–H groups in total. The van der Waals surface area contributed by atoms with Crippen LogP contribution in [0.4, 0.5) is 5.95 Å². The van der Waals surface area contributed by atoms with Gasteiger partial charge >= 0.3 is 0 Å². The zero-order chi connectivity index (χ0) is 16.4. The van der Waals surface area contributed by atoms with Crippen LogP contribution in [0.25, 0.3) is 0 Å². The maximum atomic E-state index is 12.3. The summed E-state index contributed by atoms with van der Waals surface area (Å²) in [4.78, 5) is 22.1. The van der Waals surface area contributed by atoms with Crippen LogP contribution in [-0.2, 0) is 16.4 Å². The summed E-state index contributed by atoms with van der Waals surface area (Å²) >= 11 is 0. The number of benzene rings is 1. The van der Waals surface area contributed by atoms with Crippen molar-refractivity contribution in [3.63, 3.8) is 0 Å². The predicted octanol–water partition coefficient (Wildman–Crippen LogP) is 0.630. The molecule has 1 aliphatic rings. The zero-order valence-corrected chi connectivity index (χ0v) is 13.4. The molecule has 0 spiro atoms. The Hall–Kier alpha value is -2.48. The van der Waals surface area contributed by atoms with Gasteiger partial charge in [0.2, 0.25) is 5.95 Å². The van der Waals surface area contributed by atoms with Crippen molar-refractivity contribution in [3.8, 4) is 0 Å². The number of amides is 1. The van der Waals surface area contributed by atoms with Crippen molar-refractivity contribution in [2.45, 2.75) is 11.4 Å². The van der Waals surface area contributed by atoms with E-state index in [1.54, 1.807) is 23.1 Å². The molecular weight excluding hydrogens is 316 g/mol. The van der Waals surface area contributed by atoms with Crippen LogP contribution >= 0.6 is 0 Å². The van der Waals surface area contributed by atoms with Crippen LogP contribution in [0.5, 0.6) is 0 Å². The number of hydrogen-bond acceptors (Lipinski definition) is 6. The van der Waals surface area contributed by atoms with E-state index in [0.717, 1.165) is 5.56 Å². The van der Waals surface area contributed by atoms with Gasteiger partial charge in [-0.1, -0.05) is 18.2 Å². The highest BCUT2D eigenvalue weighted by molar-refractivity contribution is 7.91. The van der Waals surface area contributed by atoms with Crippen LogP contribution < -0.4 is 10.2 Å². The number of anilines is 1. The highest BCUT2D eigenvalue weighted by Crippen LogP contribution is 2.24. The van der Waals surface area contributed by atoms with E-state index in [-0.39, 0.29) is 11.7 Å². The van der Waals surface area contributed by atoms with Crippen molar-refractivity contribution in [2.24, 2.45) is 0 Å². The van der Waals surface area contributed by atoms with E-state index in [1.807, 2.05) is 6.07 Å². The van der Waals surface area contributed by atoms with Gasteiger partial charge in [-0.25, -0.2) is 18.4 Å². The first kappa shape index (κ1) is 15.4. The largest absolute Gasteiger partial charge is 0.355 e. The Morgan fingerprint density at radius 3 is 2.61 bits per heavy atom. The molecule has 2 aromatic rings. The minimum absolute atomic E-state index is 0.00453. The molecule has 1 aromatic carbocycles. The molecule has 1 aromatic heterocycles. The van der Waals surface area contributed by atoms with Gasteiger partial charge < -0.3 is 10.2 Å². The van der Waals surface area contributed by atoms with Crippen LogP contribution in [-0.4, -0.2) is 43.6 Å². The summed E-state index contributed by atoms with van der Waals surface area (Å²) < 4.78 is 24.7. The summed E-state index contributed by atoms with van der Waals surface area (Å²) in [5.74, 6) is 0.148. The fraction of sp³-hybridized carbons (Fsp3) is 0.267. The van der Waals surface area contributed by atoms with E-state index >= 15 is 0 Å². The van der Waals surface area contributed by atoms with Crippen molar-refractivity contribution in [3.05, 3.63) is 47.8 Å². The summed E-state index contributed by atoms with van der Waals surface area (Å²) in [5.41, 5.74) is 1.09. The van der Waals surface area contributed by atoms with Gasteiger partial charge in [0.15, 0.2) is 9.84 Å². The molecule has 1 amide bonds. The molecule has 0 saturated heterocycles. The molecule has 2 heterocycles. The molecular formula is C15H16N4O3S. The number of nitrogens with one attached hydrogen (secondary N) is 1. The quantitative estimate of drug-likeness (QED) is 0.867. The zero-order valence-electron chi connectivity index (χ0n) is 12.6. The van der Waals surface area contributed by atoms with Gasteiger partial charge in [0.05, 0.1) is 16.2 Å². The van der Waals surface area contributed by atoms with Gasteiger partial charge in [-0.15, -0.1) is 0 Å². The molecule has 23 heavy (non-hydrogen) atoms. The average Bonchev–Trinajstić information content (AvgIpc) is 2.71. The molecule has 3 rings (SSSR count). The summed E-state index contributed by atoms with van der Waals surface area (Å²) in [6, 6.07) is 6.96. The SMILES string of the molecule is CNC(=O)c1cnc(N2CCS(=O)(=O)c3ccccc3C2)nc1. The maximum absolute atomic E-state index is 12.3. The van der Waals surface area contributed by atoms with Gasteiger partial charge in [0, 0.05) is 32.5 Å². The van der Waals surface area contributed by atoms with Crippen molar-refractivity contribution in [1.29, 1.82) is 0 Å². The standard InChI is InChI=1S/C15H16N4O3S/c1-16-14(20)12-8-17-15(18-9-12)19-6-7-23(21,22)13-5-3-2-4-11(13)10-19/h2-5,8-9H,6-7,10H2,1H3,(H,16,20). The Bertz CT molecular complexity index is 834. The molecule has 7 nitrogen and oxygen atoms in total. The van der Waals surface area contributed by atoms with E-state index in [4.69, 9.17) is 0 Å². The third-order valence-electron chi connectivity index (χ3n) is 3.71. The molecule has 0 unspecified atom stereocenters. The molecule has 0 aliphatic carbocycles. The number of nitrogens with zero attached hydrogens (tertiary/aromatic N) is 3. The highest BCUT2D eigenvalue weighted by Gasteiger charge is 2.26. The van der Waals surface area contributed by atoms with Crippen LogP contribution in [0.15, 0.2) is 41.6 Å². The van der Waals surface area contributed by atoms with E-state index < -0.39 is 9.84 Å². The number of carbonyl (C=O) groups excluding carboxylic acids is 1. The van der Waals surface area contributed by atoms with Crippen molar-refractivity contribution >= 4 is 21.7 Å². The second-order valence-corrected chi connectivity index (χ2v) is 7.28. The number of fused-ring (bicyclic) bond motifs is 1. The Balaban J connectivity index is 1.92. The number of hydrogen-bond donors (Lipinski definition) is 1. The van der Waals surface area contributed by atoms with Crippen LogP contribution in [0.3, 0.4) is 0 Å². The Morgan fingerprint density at radius 2 is 1.91 bits per heavy atom. The van der Waals surface area contributed by atoms with Gasteiger partial charge in [-0.3, -0.25) is 4.79 Å². The maximum Gasteiger partial charge on any atom is 0.254 e. The lowest BCUT2D eigenvalue weighted by molar-refractivity contribution is 0.0962. The Morgan fingerprint density at radius 1 is 1.22 bits per heavy atom. The minimum atomic E-state index is -3.31. The van der Waals surface area contributed by atoms with Crippen LogP contribution in [0, 0.1) is 0 Å². The third kappa shape index (κ3) is 3.02. The van der Waals surface area contributed by atoms with Gasteiger partial charge in [-0.05, 0) is 11.6 Å². The number of aromatic nitrogens is 2. The number of carbonyl (C=O) groups is 1. The van der Waals surface area contributed by atoms with Gasteiger partial charge in [0.25, 0.3) is 5.91 Å². The van der Waals surface area contributed by atoms with E-state index in [2.05, 4.69) is 15.3 Å². The molecule has 0 radical (unpaired) electrons. The first-order valence-corrected chi connectivity index (χ1v) is 8.76. The molecule has 0 atom stereocenters. The lowest BCUT2D eigenvalue weighted by Crippen LogP contribution is -2.28. The summed E-state index contributed by atoms with van der Waals surface area (Å²) in [7, 11) is -1.77. The van der Waals surface area contributed by atoms with E-state index in [9.17, 15) is 13.2 Å². The van der Waals surface area contributed by atoms with Crippen molar-refractivity contribution in [1.82, 2.24) is 15.3 Å². The van der Waals surface area contributed by atoms with Crippen LogP contribution in [0.1, 0.15) is 15.9 Å². The molecule has 8 heteroatoms. The molecule has 1 aliphatic heterocycles.